The maximum absolute atomic E-state index is 12.2. The Morgan fingerprint density at radius 2 is 1.89 bits per heavy atom. The van der Waals surface area contributed by atoms with Crippen molar-refractivity contribution >= 4 is 15.7 Å². The first-order chi connectivity index (χ1) is 12.9. The van der Waals surface area contributed by atoms with Crippen LogP contribution < -0.4 is 10.3 Å². The molecule has 2 aromatic heterocycles. The molecule has 3 rings (SSSR count). The standard InChI is InChI=1S/C15H14N6O5S/c22-15-7-6-14(19-10-1-8-16-19)18-20(15)11-9-17-27(25,26)13-4-2-12(3-5-13)21(23)24/h1-8,10,17H,9,11H2. The molecule has 1 N–H and O–H groups in total. The lowest BCUT2D eigenvalue weighted by molar-refractivity contribution is -0.384. The van der Waals surface area contributed by atoms with Crippen LogP contribution in [0.1, 0.15) is 0 Å². The summed E-state index contributed by atoms with van der Waals surface area (Å²) in [6.45, 7) is -0.0884. The van der Waals surface area contributed by atoms with Gasteiger partial charge in [0.2, 0.25) is 10.0 Å². The first-order valence-corrected chi connectivity index (χ1v) is 9.17. The molecule has 0 unspecified atom stereocenters. The lowest BCUT2D eigenvalue weighted by Gasteiger charge is -2.09. The Hall–Kier alpha value is -3.38. The van der Waals surface area contributed by atoms with E-state index in [1.807, 2.05) is 0 Å². The lowest BCUT2D eigenvalue weighted by atomic mass is 10.3. The van der Waals surface area contributed by atoms with Crippen molar-refractivity contribution in [1.29, 1.82) is 0 Å². The largest absolute Gasteiger partial charge is 0.269 e. The number of rotatable bonds is 7. The van der Waals surface area contributed by atoms with Crippen molar-refractivity contribution in [2.24, 2.45) is 0 Å². The summed E-state index contributed by atoms with van der Waals surface area (Å²) in [4.78, 5) is 21.8. The van der Waals surface area contributed by atoms with Gasteiger partial charge in [-0.05, 0) is 24.3 Å². The predicted molar refractivity (Wildman–Crippen MR) is 93.9 cm³/mol. The number of benzene rings is 1. The minimum atomic E-state index is -3.87. The van der Waals surface area contributed by atoms with E-state index in [4.69, 9.17) is 0 Å². The Morgan fingerprint density at radius 3 is 2.52 bits per heavy atom. The summed E-state index contributed by atoms with van der Waals surface area (Å²) in [6, 6.07) is 9.02. The first-order valence-electron chi connectivity index (χ1n) is 7.69. The van der Waals surface area contributed by atoms with Crippen LogP contribution in [0.5, 0.6) is 0 Å². The fraction of sp³-hybridized carbons (Fsp3) is 0.133. The van der Waals surface area contributed by atoms with Crippen LogP contribution in [0.2, 0.25) is 0 Å². The molecule has 0 saturated heterocycles. The summed E-state index contributed by atoms with van der Waals surface area (Å²) in [6.07, 6.45) is 3.23. The molecule has 2 heterocycles. The van der Waals surface area contributed by atoms with Crippen LogP contribution in [-0.2, 0) is 16.6 Å². The summed E-state index contributed by atoms with van der Waals surface area (Å²) in [5.74, 6) is 0.415. The molecule has 27 heavy (non-hydrogen) atoms. The van der Waals surface area contributed by atoms with Crippen molar-refractivity contribution in [3.63, 3.8) is 0 Å². The number of nitro groups is 1. The zero-order chi connectivity index (χ0) is 19.4. The van der Waals surface area contributed by atoms with Gasteiger partial charge in [0.05, 0.1) is 16.4 Å². The number of nitro benzene ring substituents is 1. The SMILES string of the molecule is O=c1ccc(-n2cccn2)nn1CCNS(=O)(=O)c1ccc([N+](=O)[O-])cc1. The van der Waals surface area contributed by atoms with E-state index in [-0.39, 0.29) is 29.2 Å². The van der Waals surface area contributed by atoms with Crippen LogP contribution in [-0.4, -0.2) is 39.4 Å². The van der Waals surface area contributed by atoms with Gasteiger partial charge in [-0.25, -0.2) is 22.5 Å². The molecular weight excluding hydrogens is 376 g/mol. The molecule has 0 atom stereocenters. The van der Waals surface area contributed by atoms with Crippen LogP contribution >= 0.6 is 0 Å². The molecule has 0 fully saturated rings. The Bertz CT molecular complexity index is 1110. The van der Waals surface area contributed by atoms with Crippen molar-refractivity contribution in [3.05, 3.63) is 75.3 Å². The molecule has 0 amide bonds. The fourth-order valence-electron chi connectivity index (χ4n) is 2.24. The zero-order valence-electron chi connectivity index (χ0n) is 13.8. The van der Waals surface area contributed by atoms with Gasteiger partial charge in [0.15, 0.2) is 5.82 Å². The van der Waals surface area contributed by atoms with Gasteiger partial charge < -0.3 is 0 Å². The molecule has 0 spiro atoms. The molecule has 0 aliphatic heterocycles. The molecule has 11 nitrogen and oxygen atoms in total. The summed E-state index contributed by atoms with van der Waals surface area (Å²) < 4.78 is 29.4. The van der Waals surface area contributed by atoms with E-state index in [0.717, 1.165) is 28.9 Å². The monoisotopic (exact) mass is 390 g/mol. The first kappa shape index (κ1) is 18.4. The van der Waals surface area contributed by atoms with Gasteiger partial charge in [-0.3, -0.25) is 14.9 Å². The molecule has 12 heteroatoms. The van der Waals surface area contributed by atoms with Gasteiger partial charge in [-0.2, -0.15) is 5.10 Å². The second-order valence-electron chi connectivity index (χ2n) is 5.35. The molecule has 0 aliphatic rings. The van der Waals surface area contributed by atoms with Gasteiger partial charge in [-0.15, -0.1) is 5.10 Å². The maximum Gasteiger partial charge on any atom is 0.269 e. The van der Waals surface area contributed by atoms with Crippen molar-refractivity contribution in [3.8, 4) is 5.82 Å². The number of aromatic nitrogens is 4. The molecule has 0 bridgehead atoms. The molecule has 3 aromatic rings. The number of nitrogens with one attached hydrogen (secondary N) is 1. The van der Waals surface area contributed by atoms with E-state index in [9.17, 15) is 23.3 Å². The smallest absolute Gasteiger partial charge is 0.268 e. The number of non-ortho nitro benzene ring substituents is 1. The van der Waals surface area contributed by atoms with Crippen LogP contribution in [0.4, 0.5) is 5.69 Å². The molecule has 0 aliphatic carbocycles. The van der Waals surface area contributed by atoms with Gasteiger partial charge in [0.25, 0.3) is 11.2 Å². The third-order valence-corrected chi connectivity index (χ3v) is 5.04. The van der Waals surface area contributed by atoms with Gasteiger partial charge in [0.1, 0.15) is 0 Å². The zero-order valence-corrected chi connectivity index (χ0v) is 14.6. The average molecular weight is 390 g/mol. The van der Waals surface area contributed by atoms with E-state index in [1.165, 1.54) is 16.8 Å². The van der Waals surface area contributed by atoms with Crippen molar-refractivity contribution in [1.82, 2.24) is 24.3 Å². The minimum absolute atomic E-state index is 0.000152. The maximum atomic E-state index is 12.2. The Kier molecular flexibility index (Phi) is 5.09. The average Bonchev–Trinajstić information content (AvgIpc) is 3.18. The number of hydrogen-bond donors (Lipinski definition) is 1. The topological polar surface area (TPSA) is 142 Å². The van der Waals surface area contributed by atoms with E-state index < -0.39 is 14.9 Å². The minimum Gasteiger partial charge on any atom is -0.268 e. The van der Waals surface area contributed by atoms with Crippen molar-refractivity contribution in [2.75, 3.05) is 6.54 Å². The van der Waals surface area contributed by atoms with Crippen LogP contribution in [0.25, 0.3) is 5.82 Å². The van der Waals surface area contributed by atoms with E-state index >= 15 is 0 Å². The van der Waals surface area contributed by atoms with E-state index in [1.54, 1.807) is 18.5 Å². The van der Waals surface area contributed by atoms with Crippen molar-refractivity contribution < 1.29 is 13.3 Å². The highest BCUT2D eigenvalue weighted by Gasteiger charge is 2.15. The van der Waals surface area contributed by atoms with Gasteiger partial charge >= 0.3 is 0 Å². The predicted octanol–water partition coefficient (Wildman–Crippen LogP) is 0.316. The van der Waals surface area contributed by atoms with Gasteiger partial charge in [-0.1, -0.05) is 0 Å². The van der Waals surface area contributed by atoms with E-state index in [2.05, 4.69) is 14.9 Å². The quantitative estimate of drug-likeness (QED) is 0.452. The Labute approximate surface area is 153 Å². The molecular formula is C15H14N6O5S. The van der Waals surface area contributed by atoms with Gasteiger partial charge in [0, 0.05) is 37.1 Å². The summed E-state index contributed by atoms with van der Waals surface area (Å²) in [5, 5.41) is 18.8. The van der Waals surface area contributed by atoms with Crippen molar-refractivity contribution in [2.45, 2.75) is 11.4 Å². The van der Waals surface area contributed by atoms with Crippen LogP contribution in [0.15, 0.2) is 64.5 Å². The fourth-order valence-corrected chi connectivity index (χ4v) is 3.26. The molecule has 0 saturated carbocycles. The van der Waals surface area contributed by atoms with Crippen LogP contribution in [0, 0.1) is 10.1 Å². The number of hydrogen-bond acceptors (Lipinski definition) is 7. The third-order valence-electron chi connectivity index (χ3n) is 3.57. The number of nitrogens with zero attached hydrogens (tertiary/aromatic N) is 5. The summed E-state index contributed by atoms with van der Waals surface area (Å²) in [7, 11) is -3.87. The summed E-state index contributed by atoms with van der Waals surface area (Å²) >= 11 is 0. The summed E-state index contributed by atoms with van der Waals surface area (Å²) in [5.41, 5.74) is -0.597. The van der Waals surface area contributed by atoms with Crippen LogP contribution in [0.3, 0.4) is 0 Å². The Balaban J connectivity index is 1.69. The molecule has 140 valence electrons. The Morgan fingerprint density at radius 1 is 1.15 bits per heavy atom. The lowest BCUT2D eigenvalue weighted by Crippen LogP contribution is -2.32. The molecule has 0 radical (unpaired) electrons. The highest BCUT2D eigenvalue weighted by atomic mass is 32.2. The van der Waals surface area contributed by atoms with E-state index in [0.29, 0.717) is 5.82 Å². The highest BCUT2D eigenvalue weighted by molar-refractivity contribution is 7.89. The number of sulfonamides is 1. The highest BCUT2D eigenvalue weighted by Crippen LogP contribution is 2.15. The second kappa shape index (κ2) is 7.47. The third kappa shape index (κ3) is 4.24. The molecule has 1 aromatic carbocycles. The second-order valence-corrected chi connectivity index (χ2v) is 7.12. The normalized spacial score (nSPS) is 11.4.